The van der Waals surface area contributed by atoms with Gasteiger partial charge in [0, 0.05) is 26.2 Å². The van der Waals surface area contributed by atoms with Crippen LogP contribution >= 0.6 is 0 Å². The Morgan fingerprint density at radius 3 is 2.00 bits per heavy atom. The third-order valence-corrected chi connectivity index (χ3v) is 7.08. The van der Waals surface area contributed by atoms with E-state index >= 15 is 0 Å². The highest BCUT2D eigenvalue weighted by atomic mass is 16.3. The summed E-state index contributed by atoms with van der Waals surface area (Å²) in [4.78, 5) is 28.6. The van der Waals surface area contributed by atoms with Gasteiger partial charge in [-0.15, -0.1) is 0 Å². The largest absolute Gasteiger partial charge is 0.494 e. The fraction of sp³-hybridized carbons (Fsp3) is 0.846. The Hall–Kier alpha value is -1.64. The predicted octanol–water partition coefficient (Wildman–Crippen LogP) is 3.66. The lowest BCUT2D eigenvalue weighted by Gasteiger charge is -2.44. The van der Waals surface area contributed by atoms with Gasteiger partial charge in [-0.3, -0.25) is 20.0 Å². The minimum absolute atomic E-state index is 0.0431. The van der Waals surface area contributed by atoms with Crippen LogP contribution in [0.4, 0.5) is 0 Å². The van der Waals surface area contributed by atoms with Crippen LogP contribution in [0, 0.1) is 0 Å². The fourth-order valence-electron chi connectivity index (χ4n) is 5.22. The van der Waals surface area contributed by atoms with Crippen LogP contribution in [0.25, 0.3) is 0 Å². The molecule has 1 aliphatic rings. The summed E-state index contributed by atoms with van der Waals surface area (Å²) in [7, 11) is 0. The molecule has 196 valence electrons. The summed E-state index contributed by atoms with van der Waals surface area (Å²) in [6, 6.07) is 1.06. The third-order valence-electron chi connectivity index (χ3n) is 7.08. The topological polar surface area (TPSA) is 111 Å². The standard InChI is InChI=1S/C26H48N4O4/c1-2-3-4-5-6-7-8-9-10-11-12-13-14-15-16-26(22-29(19-20-31)18-17-27-26)30-24(33)21-23(32)28-25(30)34/h21,27,31,33H,2-20,22H2,1H3,(H,28,32,34). The van der Waals surface area contributed by atoms with Gasteiger partial charge in [-0.05, 0) is 12.8 Å². The van der Waals surface area contributed by atoms with Gasteiger partial charge in [0.25, 0.3) is 5.56 Å². The molecule has 1 saturated heterocycles. The Balaban J connectivity index is 1.75. The van der Waals surface area contributed by atoms with Gasteiger partial charge < -0.3 is 10.2 Å². The first-order chi connectivity index (χ1) is 16.5. The van der Waals surface area contributed by atoms with E-state index in [0.717, 1.165) is 25.5 Å². The number of aliphatic hydroxyl groups excluding tert-OH is 1. The lowest BCUT2D eigenvalue weighted by molar-refractivity contribution is 0.0453. The van der Waals surface area contributed by atoms with E-state index in [4.69, 9.17) is 0 Å². The van der Waals surface area contributed by atoms with Crippen LogP contribution in [-0.2, 0) is 5.66 Å². The van der Waals surface area contributed by atoms with Crippen molar-refractivity contribution >= 4 is 0 Å². The van der Waals surface area contributed by atoms with Gasteiger partial charge in [0.15, 0.2) is 0 Å². The smallest absolute Gasteiger partial charge is 0.332 e. The molecule has 2 rings (SSSR count). The predicted molar refractivity (Wildman–Crippen MR) is 137 cm³/mol. The first-order valence-electron chi connectivity index (χ1n) is 13.7. The molecule has 34 heavy (non-hydrogen) atoms. The maximum absolute atomic E-state index is 12.6. The lowest BCUT2D eigenvalue weighted by atomic mass is 9.96. The van der Waals surface area contributed by atoms with E-state index in [1.54, 1.807) is 0 Å². The highest BCUT2D eigenvalue weighted by Gasteiger charge is 2.38. The number of aromatic hydroxyl groups is 1. The van der Waals surface area contributed by atoms with Crippen LogP contribution in [0.15, 0.2) is 15.7 Å². The second-order valence-electron chi connectivity index (χ2n) is 9.94. The third kappa shape index (κ3) is 9.55. The number of H-pyrrole nitrogens is 1. The molecule has 1 aromatic rings. The first-order valence-corrected chi connectivity index (χ1v) is 13.7. The second-order valence-corrected chi connectivity index (χ2v) is 9.94. The Kier molecular flexibility index (Phi) is 13.5. The number of aromatic amines is 1. The number of piperazine rings is 1. The molecule has 8 heteroatoms. The van der Waals surface area contributed by atoms with Crippen molar-refractivity contribution in [2.24, 2.45) is 0 Å². The van der Waals surface area contributed by atoms with Crippen molar-refractivity contribution in [3.63, 3.8) is 0 Å². The number of hydrogen-bond donors (Lipinski definition) is 4. The van der Waals surface area contributed by atoms with Crippen molar-refractivity contribution in [3.05, 3.63) is 26.9 Å². The average molecular weight is 481 g/mol. The Morgan fingerprint density at radius 1 is 0.912 bits per heavy atom. The van der Waals surface area contributed by atoms with Crippen LogP contribution in [0.3, 0.4) is 0 Å². The highest BCUT2D eigenvalue weighted by molar-refractivity contribution is 5.11. The molecule has 4 N–H and O–H groups in total. The Bertz CT molecular complexity index is 792. The van der Waals surface area contributed by atoms with Crippen molar-refractivity contribution in [1.29, 1.82) is 0 Å². The van der Waals surface area contributed by atoms with Crippen LogP contribution in [0.2, 0.25) is 0 Å². The van der Waals surface area contributed by atoms with Gasteiger partial charge >= 0.3 is 5.69 Å². The van der Waals surface area contributed by atoms with Gasteiger partial charge in [0.2, 0.25) is 5.88 Å². The summed E-state index contributed by atoms with van der Waals surface area (Å²) in [6.07, 6.45) is 18.6. The number of nitrogens with one attached hydrogen (secondary N) is 2. The number of hydrogen-bond acceptors (Lipinski definition) is 6. The molecular weight excluding hydrogens is 432 g/mol. The van der Waals surface area contributed by atoms with Crippen LogP contribution in [0.5, 0.6) is 5.88 Å². The van der Waals surface area contributed by atoms with Gasteiger partial charge in [0.1, 0.15) is 5.66 Å². The molecular formula is C26H48N4O4. The normalized spacial score (nSPS) is 19.0. The number of β-amino-alcohol motifs (C(OH)–C–C–N with tert-alkyl or cyclic N) is 1. The molecule has 0 amide bonds. The number of unbranched alkanes of at least 4 members (excludes halogenated alkanes) is 13. The van der Waals surface area contributed by atoms with Crippen LogP contribution in [-0.4, -0.2) is 57.4 Å². The van der Waals surface area contributed by atoms with Crippen molar-refractivity contribution in [1.82, 2.24) is 19.8 Å². The van der Waals surface area contributed by atoms with Crippen molar-refractivity contribution in [2.45, 2.75) is 109 Å². The summed E-state index contributed by atoms with van der Waals surface area (Å²) in [5, 5.41) is 23.3. The quantitative estimate of drug-likeness (QED) is 0.239. The van der Waals surface area contributed by atoms with E-state index in [9.17, 15) is 19.8 Å². The summed E-state index contributed by atoms with van der Waals surface area (Å²) in [5.74, 6) is -0.322. The van der Waals surface area contributed by atoms with E-state index in [2.05, 4.69) is 22.1 Å². The number of rotatable bonds is 18. The molecule has 0 spiro atoms. The summed E-state index contributed by atoms with van der Waals surface area (Å²) in [5.41, 5.74) is -2.00. The van der Waals surface area contributed by atoms with E-state index < -0.39 is 16.9 Å². The minimum atomic E-state index is -0.796. The average Bonchev–Trinajstić information content (AvgIpc) is 2.79. The zero-order valence-corrected chi connectivity index (χ0v) is 21.3. The molecule has 1 aromatic heterocycles. The molecule has 2 heterocycles. The van der Waals surface area contributed by atoms with Gasteiger partial charge in [-0.25, -0.2) is 9.36 Å². The molecule has 0 radical (unpaired) electrons. The molecule has 0 aromatic carbocycles. The summed E-state index contributed by atoms with van der Waals surface area (Å²) >= 11 is 0. The fourth-order valence-corrected chi connectivity index (χ4v) is 5.22. The van der Waals surface area contributed by atoms with Gasteiger partial charge in [0.05, 0.1) is 12.7 Å². The van der Waals surface area contributed by atoms with Crippen molar-refractivity contribution in [3.8, 4) is 5.88 Å². The van der Waals surface area contributed by atoms with Gasteiger partial charge in [-0.2, -0.15) is 0 Å². The van der Waals surface area contributed by atoms with E-state index in [1.165, 1.54) is 81.6 Å². The monoisotopic (exact) mass is 480 g/mol. The molecule has 0 aliphatic carbocycles. The van der Waals surface area contributed by atoms with Crippen LogP contribution in [0.1, 0.15) is 103 Å². The molecule has 1 aliphatic heterocycles. The van der Waals surface area contributed by atoms with E-state index in [-0.39, 0.29) is 12.5 Å². The Morgan fingerprint density at radius 2 is 1.47 bits per heavy atom. The van der Waals surface area contributed by atoms with Gasteiger partial charge in [-0.1, -0.05) is 90.4 Å². The van der Waals surface area contributed by atoms with E-state index in [0.29, 0.717) is 26.1 Å². The SMILES string of the molecule is CCCCCCCCCCCCCCCCC1(n2c(O)cc(=O)[nH]c2=O)CN(CCO)CCN1. The number of aromatic nitrogens is 2. The molecule has 1 fully saturated rings. The number of nitrogens with zero attached hydrogens (tertiary/aromatic N) is 2. The summed E-state index contributed by atoms with van der Waals surface area (Å²) < 4.78 is 1.29. The van der Waals surface area contributed by atoms with Crippen LogP contribution < -0.4 is 16.6 Å². The molecule has 8 nitrogen and oxygen atoms in total. The molecule has 0 bridgehead atoms. The molecule has 1 atom stereocenters. The van der Waals surface area contributed by atoms with Crippen molar-refractivity contribution < 1.29 is 10.2 Å². The maximum atomic E-state index is 12.6. The minimum Gasteiger partial charge on any atom is -0.494 e. The highest BCUT2D eigenvalue weighted by Crippen LogP contribution is 2.27. The first kappa shape index (κ1) is 28.6. The molecule has 1 unspecified atom stereocenters. The van der Waals surface area contributed by atoms with Crippen molar-refractivity contribution in [2.75, 3.05) is 32.8 Å². The summed E-state index contributed by atoms with van der Waals surface area (Å²) in [6.45, 7) is 4.72. The second kappa shape index (κ2) is 16.1. The lowest BCUT2D eigenvalue weighted by Crippen LogP contribution is -2.64. The maximum Gasteiger partial charge on any atom is 0.332 e. The zero-order chi connectivity index (χ0) is 24.7. The zero-order valence-electron chi connectivity index (χ0n) is 21.3. The molecule has 0 saturated carbocycles. The van der Waals surface area contributed by atoms with E-state index in [1.807, 2.05) is 0 Å². The number of aliphatic hydroxyl groups is 1. The Labute approximate surface area is 204 Å².